The molecule has 96 valence electrons. The monoisotopic (exact) mass is 257 g/mol. The molecule has 0 aliphatic carbocycles. The third kappa shape index (κ3) is 3.98. The van der Waals surface area contributed by atoms with Gasteiger partial charge in [0.1, 0.15) is 4.90 Å². The predicted molar refractivity (Wildman–Crippen MR) is 68.5 cm³/mol. The van der Waals surface area contributed by atoms with Crippen LogP contribution in [0.4, 0.5) is 5.69 Å². The summed E-state index contributed by atoms with van der Waals surface area (Å²) in [5, 5.41) is 3.03. The highest BCUT2D eigenvalue weighted by Crippen LogP contribution is 2.13. The number of nitrogens with one attached hydrogen (secondary N) is 2. The van der Waals surface area contributed by atoms with Crippen LogP contribution in [0.2, 0.25) is 0 Å². The molecule has 0 fully saturated rings. The molecule has 1 atom stereocenters. The number of aromatic nitrogens is 1. The van der Waals surface area contributed by atoms with E-state index in [9.17, 15) is 8.42 Å². The number of hydrogen-bond acceptors (Lipinski definition) is 4. The van der Waals surface area contributed by atoms with Gasteiger partial charge >= 0.3 is 0 Å². The van der Waals surface area contributed by atoms with Crippen molar-refractivity contribution in [3.05, 3.63) is 18.5 Å². The van der Waals surface area contributed by atoms with Crippen LogP contribution in [0.5, 0.6) is 0 Å². The minimum atomic E-state index is -3.46. The van der Waals surface area contributed by atoms with Gasteiger partial charge in [0.2, 0.25) is 10.0 Å². The summed E-state index contributed by atoms with van der Waals surface area (Å²) in [5.74, 6) is 0. The summed E-state index contributed by atoms with van der Waals surface area (Å²) in [5.41, 5.74) is 0.708. The third-order valence-electron chi connectivity index (χ3n) is 2.37. The molecule has 1 aromatic rings. The van der Waals surface area contributed by atoms with Gasteiger partial charge < -0.3 is 5.32 Å². The first-order valence-corrected chi connectivity index (χ1v) is 7.19. The summed E-state index contributed by atoms with van der Waals surface area (Å²) in [6.07, 6.45) is 3.71. The molecule has 1 aromatic heterocycles. The number of sulfonamides is 1. The molecule has 1 heterocycles. The van der Waals surface area contributed by atoms with Gasteiger partial charge in [-0.05, 0) is 26.3 Å². The summed E-state index contributed by atoms with van der Waals surface area (Å²) in [6.45, 7) is 6.43. The number of hydrogen-bond donors (Lipinski definition) is 2. The van der Waals surface area contributed by atoms with E-state index in [0.29, 0.717) is 5.69 Å². The minimum absolute atomic E-state index is 0.0807. The van der Waals surface area contributed by atoms with Crippen LogP contribution in [0.25, 0.3) is 0 Å². The fraction of sp³-hybridized carbons (Fsp3) is 0.545. The average Bonchev–Trinajstić information content (AvgIpc) is 2.29. The van der Waals surface area contributed by atoms with Gasteiger partial charge in [0.25, 0.3) is 0 Å². The van der Waals surface area contributed by atoms with Gasteiger partial charge in [-0.25, -0.2) is 13.1 Å². The summed E-state index contributed by atoms with van der Waals surface area (Å²) in [4.78, 5) is 4.11. The van der Waals surface area contributed by atoms with Crippen molar-refractivity contribution in [1.29, 1.82) is 0 Å². The molecule has 17 heavy (non-hydrogen) atoms. The largest absolute Gasteiger partial charge is 0.384 e. The lowest BCUT2D eigenvalue weighted by Crippen LogP contribution is -2.32. The molecular weight excluding hydrogens is 238 g/mol. The highest BCUT2D eigenvalue weighted by molar-refractivity contribution is 7.89. The lowest BCUT2D eigenvalue weighted by Gasteiger charge is -2.12. The first-order chi connectivity index (χ1) is 7.99. The lowest BCUT2D eigenvalue weighted by atomic mass is 10.3. The highest BCUT2D eigenvalue weighted by Gasteiger charge is 2.17. The molecule has 0 saturated heterocycles. The topological polar surface area (TPSA) is 71.1 Å². The van der Waals surface area contributed by atoms with E-state index in [4.69, 9.17) is 0 Å². The molecule has 1 rings (SSSR count). The second-order valence-electron chi connectivity index (χ2n) is 3.87. The number of anilines is 1. The summed E-state index contributed by atoms with van der Waals surface area (Å²) < 4.78 is 26.6. The van der Waals surface area contributed by atoms with Crippen LogP contribution >= 0.6 is 0 Å². The van der Waals surface area contributed by atoms with E-state index in [1.165, 1.54) is 6.20 Å². The first-order valence-electron chi connectivity index (χ1n) is 5.70. The Bertz CT molecular complexity index is 460. The second kappa shape index (κ2) is 5.97. The van der Waals surface area contributed by atoms with Crippen LogP contribution in [0.15, 0.2) is 23.4 Å². The van der Waals surface area contributed by atoms with E-state index in [0.717, 1.165) is 13.0 Å². The summed E-state index contributed by atoms with van der Waals surface area (Å²) >= 11 is 0. The van der Waals surface area contributed by atoms with E-state index in [2.05, 4.69) is 15.0 Å². The maximum absolute atomic E-state index is 12.0. The van der Waals surface area contributed by atoms with Crippen molar-refractivity contribution in [2.24, 2.45) is 0 Å². The van der Waals surface area contributed by atoms with Gasteiger partial charge in [-0.1, -0.05) is 6.92 Å². The third-order valence-corrected chi connectivity index (χ3v) is 3.93. The molecule has 0 aliphatic heterocycles. The second-order valence-corrected chi connectivity index (χ2v) is 5.58. The molecule has 0 amide bonds. The van der Waals surface area contributed by atoms with Crippen molar-refractivity contribution in [3.8, 4) is 0 Å². The quantitative estimate of drug-likeness (QED) is 0.812. The van der Waals surface area contributed by atoms with Gasteiger partial charge in [0.15, 0.2) is 0 Å². The van der Waals surface area contributed by atoms with Crippen LogP contribution in [-0.4, -0.2) is 26.0 Å². The van der Waals surface area contributed by atoms with Crippen molar-refractivity contribution < 1.29 is 8.42 Å². The molecule has 1 unspecified atom stereocenters. The van der Waals surface area contributed by atoms with Crippen molar-refractivity contribution in [2.75, 3.05) is 11.9 Å². The molecule has 0 aliphatic rings. The molecule has 5 nitrogen and oxygen atoms in total. The van der Waals surface area contributed by atoms with Crippen LogP contribution in [0.1, 0.15) is 27.2 Å². The van der Waals surface area contributed by atoms with E-state index in [1.54, 1.807) is 12.3 Å². The van der Waals surface area contributed by atoms with Gasteiger partial charge in [-0.3, -0.25) is 4.98 Å². The predicted octanol–water partition coefficient (Wildman–Crippen LogP) is 1.59. The Morgan fingerprint density at radius 1 is 1.35 bits per heavy atom. The molecule has 0 radical (unpaired) electrons. The fourth-order valence-corrected chi connectivity index (χ4v) is 2.60. The zero-order valence-electron chi connectivity index (χ0n) is 10.4. The standard InChI is InChI=1S/C11H19N3O2S/c1-4-9(3)14-17(15,16)11-6-10(13-5-2)7-12-8-11/h6-9,13-14H,4-5H2,1-3H3. The van der Waals surface area contributed by atoms with Crippen molar-refractivity contribution in [3.63, 3.8) is 0 Å². The Morgan fingerprint density at radius 3 is 2.65 bits per heavy atom. The molecule has 0 spiro atoms. The Balaban J connectivity index is 2.94. The summed E-state index contributed by atoms with van der Waals surface area (Å²) in [6, 6.07) is 1.50. The van der Waals surface area contributed by atoms with E-state index < -0.39 is 10.0 Å². The molecule has 0 aromatic carbocycles. The van der Waals surface area contributed by atoms with Crippen molar-refractivity contribution >= 4 is 15.7 Å². The van der Waals surface area contributed by atoms with Gasteiger partial charge in [-0.2, -0.15) is 0 Å². The molecule has 0 bridgehead atoms. The normalized spacial score (nSPS) is 13.4. The fourth-order valence-electron chi connectivity index (χ4n) is 1.28. The van der Waals surface area contributed by atoms with Crippen molar-refractivity contribution in [2.45, 2.75) is 38.1 Å². The maximum Gasteiger partial charge on any atom is 0.242 e. The number of pyridine rings is 1. The van der Waals surface area contributed by atoms with E-state index >= 15 is 0 Å². The number of nitrogens with zero attached hydrogens (tertiary/aromatic N) is 1. The van der Waals surface area contributed by atoms with Crippen LogP contribution < -0.4 is 10.0 Å². The van der Waals surface area contributed by atoms with Gasteiger partial charge in [0.05, 0.1) is 11.9 Å². The molecule has 0 saturated carbocycles. The van der Waals surface area contributed by atoms with E-state index in [-0.39, 0.29) is 10.9 Å². The molecule has 6 heteroatoms. The van der Waals surface area contributed by atoms with Crippen LogP contribution in [0, 0.1) is 0 Å². The minimum Gasteiger partial charge on any atom is -0.384 e. The van der Waals surface area contributed by atoms with Gasteiger partial charge in [-0.15, -0.1) is 0 Å². The Labute approximate surface area is 103 Å². The zero-order valence-corrected chi connectivity index (χ0v) is 11.2. The molecule has 2 N–H and O–H groups in total. The SMILES string of the molecule is CCNc1cncc(S(=O)(=O)NC(C)CC)c1. The average molecular weight is 257 g/mol. The van der Waals surface area contributed by atoms with Crippen molar-refractivity contribution in [1.82, 2.24) is 9.71 Å². The smallest absolute Gasteiger partial charge is 0.242 e. The Morgan fingerprint density at radius 2 is 2.06 bits per heavy atom. The lowest BCUT2D eigenvalue weighted by molar-refractivity contribution is 0.555. The highest BCUT2D eigenvalue weighted by atomic mass is 32.2. The first kappa shape index (κ1) is 13.9. The molecular formula is C11H19N3O2S. The Kier molecular flexibility index (Phi) is 4.89. The zero-order chi connectivity index (χ0) is 12.9. The summed E-state index contributed by atoms with van der Waals surface area (Å²) in [7, 11) is -3.46. The Hall–Kier alpha value is -1.14. The van der Waals surface area contributed by atoms with Crippen LogP contribution in [-0.2, 0) is 10.0 Å². The van der Waals surface area contributed by atoms with Crippen LogP contribution in [0.3, 0.4) is 0 Å². The van der Waals surface area contributed by atoms with Gasteiger partial charge in [0, 0.05) is 18.8 Å². The number of rotatable bonds is 6. The van der Waals surface area contributed by atoms with E-state index in [1.807, 2.05) is 20.8 Å². The maximum atomic E-state index is 12.0.